The van der Waals surface area contributed by atoms with Crippen LogP contribution in [0.25, 0.3) is 0 Å². The molecule has 0 aromatic heterocycles. The maximum Gasteiger partial charge on any atom is 0.247 e. The van der Waals surface area contributed by atoms with Gasteiger partial charge in [0, 0.05) is 13.1 Å². The average molecular weight is 772 g/mol. The molecule has 14 heteroatoms. The van der Waals surface area contributed by atoms with Crippen LogP contribution < -0.4 is 31.9 Å². The Morgan fingerprint density at radius 3 is 1.96 bits per heavy atom. The SMILES string of the molecule is CN[C@@H](C)C(=S)N[C@H]1CCSC2CC(C)(C)[C@@H](C(=O)N[C@@H](C(=O)NCc3ccc(CNC(=O)[C@@H](NC=O)c4ccccc4)cc3)c3ccccc3)N2C1=O. The normalized spacial score (nSPS) is 20.6. The molecule has 286 valence electrons. The van der Waals surface area contributed by atoms with Gasteiger partial charge in [-0.3, -0.25) is 24.0 Å². The van der Waals surface area contributed by atoms with E-state index >= 15 is 0 Å². The summed E-state index contributed by atoms with van der Waals surface area (Å²) in [6.45, 7) is 6.35. The van der Waals surface area contributed by atoms with Crippen LogP contribution in [0.15, 0.2) is 84.9 Å². The van der Waals surface area contributed by atoms with Crippen LogP contribution in [0.1, 0.15) is 68.0 Å². The highest BCUT2D eigenvalue weighted by molar-refractivity contribution is 7.99. The van der Waals surface area contributed by atoms with Gasteiger partial charge in [0.2, 0.25) is 30.0 Å². The van der Waals surface area contributed by atoms with Crippen molar-refractivity contribution >= 4 is 59.0 Å². The number of fused-ring (bicyclic) bond motifs is 1. The van der Waals surface area contributed by atoms with Gasteiger partial charge in [0.15, 0.2) is 0 Å². The molecule has 2 aliphatic rings. The van der Waals surface area contributed by atoms with E-state index < -0.39 is 41.4 Å². The van der Waals surface area contributed by atoms with Gasteiger partial charge in [0.05, 0.1) is 16.4 Å². The Balaban J connectivity index is 1.24. The van der Waals surface area contributed by atoms with Crippen LogP contribution in [-0.2, 0) is 37.1 Å². The van der Waals surface area contributed by atoms with Crippen LogP contribution in [0, 0.1) is 5.41 Å². The van der Waals surface area contributed by atoms with Crippen molar-refractivity contribution in [1.29, 1.82) is 0 Å². The van der Waals surface area contributed by atoms with Crippen molar-refractivity contribution in [1.82, 2.24) is 36.8 Å². The van der Waals surface area contributed by atoms with Crippen LogP contribution in [0.4, 0.5) is 0 Å². The third-order valence-electron chi connectivity index (χ3n) is 9.96. The van der Waals surface area contributed by atoms with Crippen molar-refractivity contribution in [3.05, 3.63) is 107 Å². The molecule has 0 saturated carbocycles. The van der Waals surface area contributed by atoms with E-state index in [1.807, 2.05) is 76.3 Å². The molecule has 1 unspecified atom stereocenters. The maximum absolute atomic E-state index is 14.3. The third kappa shape index (κ3) is 9.84. The lowest BCUT2D eigenvalue weighted by atomic mass is 9.83. The van der Waals surface area contributed by atoms with E-state index in [0.29, 0.717) is 35.4 Å². The zero-order valence-electron chi connectivity index (χ0n) is 31.0. The van der Waals surface area contributed by atoms with Gasteiger partial charge in [-0.2, -0.15) is 0 Å². The number of carbonyl (C=O) groups is 5. The zero-order valence-corrected chi connectivity index (χ0v) is 32.6. The molecule has 0 bridgehead atoms. The number of nitrogens with zero attached hydrogens (tertiary/aromatic N) is 1. The second-order valence-electron chi connectivity index (χ2n) is 14.3. The minimum Gasteiger partial charge on any atom is -0.367 e. The highest BCUT2D eigenvalue weighted by Gasteiger charge is 2.54. The number of thioether (sulfide) groups is 1. The summed E-state index contributed by atoms with van der Waals surface area (Å²) in [5.74, 6) is -0.552. The summed E-state index contributed by atoms with van der Waals surface area (Å²) in [7, 11) is 1.81. The summed E-state index contributed by atoms with van der Waals surface area (Å²) in [6.07, 6.45) is 1.73. The van der Waals surface area contributed by atoms with E-state index in [9.17, 15) is 24.0 Å². The molecule has 3 aromatic carbocycles. The standard InChI is InChI=1S/C40H49N7O5S2/c1-25(41-4)38(53)45-30-19-20-54-31-21-40(2,3)34(47(31)39(30)52)37(51)46-33(29-13-9-6-10-14-29)36(50)43-23-27-17-15-26(16-18-27)22-42-35(49)32(44-24-48)28-11-7-5-8-12-28/h5-18,24-25,30-34,41H,19-23H2,1-4H3,(H,42,49)(H,43,50)(H,44,48)(H,45,53)(H,46,51)/t25-,30-,31?,32-,33+,34+/m0/s1. The molecule has 0 aliphatic carbocycles. The van der Waals surface area contributed by atoms with Crippen molar-refractivity contribution in [2.24, 2.45) is 5.41 Å². The first-order chi connectivity index (χ1) is 25.9. The molecule has 3 aromatic rings. The second-order valence-corrected chi connectivity index (χ2v) is 16.0. The lowest BCUT2D eigenvalue weighted by Crippen LogP contribution is -2.58. The Bertz CT molecular complexity index is 1800. The first-order valence-corrected chi connectivity index (χ1v) is 19.5. The fraction of sp³-hybridized carbons (Fsp3) is 0.400. The number of rotatable bonds is 15. The topological polar surface area (TPSA) is 161 Å². The minimum absolute atomic E-state index is 0.115. The molecule has 0 spiro atoms. The van der Waals surface area contributed by atoms with Crippen LogP contribution in [0.3, 0.4) is 0 Å². The first-order valence-electron chi connectivity index (χ1n) is 18.1. The number of carbonyl (C=O) groups excluding carboxylic acids is 5. The number of amides is 5. The fourth-order valence-corrected chi connectivity index (χ4v) is 8.68. The van der Waals surface area contributed by atoms with E-state index in [-0.39, 0.29) is 36.3 Å². The molecule has 0 radical (unpaired) electrons. The second kappa shape index (κ2) is 18.5. The van der Waals surface area contributed by atoms with Crippen molar-refractivity contribution in [2.45, 2.75) is 82.3 Å². The minimum atomic E-state index is -1.01. The predicted octanol–water partition coefficient (Wildman–Crippen LogP) is 3.25. The fourth-order valence-electron chi connectivity index (χ4n) is 6.84. The Labute approximate surface area is 326 Å². The lowest BCUT2D eigenvalue weighted by molar-refractivity contribution is -0.143. The van der Waals surface area contributed by atoms with Crippen molar-refractivity contribution in [3.8, 4) is 0 Å². The van der Waals surface area contributed by atoms with Crippen molar-refractivity contribution in [2.75, 3.05) is 12.8 Å². The van der Waals surface area contributed by atoms with Gasteiger partial charge in [0.25, 0.3) is 0 Å². The van der Waals surface area contributed by atoms with E-state index in [0.717, 1.165) is 16.9 Å². The van der Waals surface area contributed by atoms with Gasteiger partial charge >= 0.3 is 0 Å². The summed E-state index contributed by atoms with van der Waals surface area (Å²) in [5.41, 5.74) is 2.38. The van der Waals surface area contributed by atoms with Gasteiger partial charge in [0.1, 0.15) is 24.2 Å². The Morgan fingerprint density at radius 1 is 0.889 bits per heavy atom. The molecule has 6 N–H and O–H groups in total. The molecule has 54 heavy (non-hydrogen) atoms. The van der Waals surface area contributed by atoms with Gasteiger partial charge in [-0.05, 0) is 60.2 Å². The van der Waals surface area contributed by atoms with Crippen LogP contribution >= 0.6 is 24.0 Å². The van der Waals surface area contributed by atoms with E-state index in [2.05, 4.69) is 31.9 Å². The molecule has 2 aliphatic heterocycles. The molecule has 5 amide bonds. The van der Waals surface area contributed by atoms with Crippen LogP contribution in [0.2, 0.25) is 0 Å². The van der Waals surface area contributed by atoms with Crippen LogP contribution in [-0.4, -0.2) is 76.2 Å². The number of benzene rings is 3. The summed E-state index contributed by atoms with van der Waals surface area (Å²) >= 11 is 7.23. The summed E-state index contributed by atoms with van der Waals surface area (Å²) < 4.78 is 0. The Hall–Kier alpha value is -4.79. The number of hydrogen-bond donors (Lipinski definition) is 6. The molecule has 5 rings (SSSR count). The number of likely N-dealkylation sites (N-methyl/N-ethyl adjacent to an activating group) is 1. The van der Waals surface area contributed by atoms with Gasteiger partial charge < -0.3 is 36.8 Å². The Morgan fingerprint density at radius 2 is 1.43 bits per heavy atom. The molecule has 2 saturated heterocycles. The largest absolute Gasteiger partial charge is 0.367 e. The lowest BCUT2D eigenvalue weighted by Gasteiger charge is -2.35. The third-order valence-corrected chi connectivity index (χ3v) is 11.7. The maximum atomic E-state index is 14.3. The molecule has 6 atom stereocenters. The molecule has 2 heterocycles. The smallest absolute Gasteiger partial charge is 0.247 e. The molecular formula is C40H49N7O5S2. The van der Waals surface area contributed by atoms with E-state index in [1.165, 1.54) is 0 Å². The monoisotopic (exact) mass is 771 g/mol. The highest BCUT2D eigenvalue weighted by Crippen LogP contribution is 2.46. The molecule has 12 nitrogen and oxygen atoms in total. The molecule has 2 fully saturated rings. The summed E-state index contributed by atoms with van der Waals surface area (Å²) in [5, 5.41) is 17.6. The van der Waals surface area contributed by atoms with Crippen molar-refractivity contribution in [3.63, 3.8) is 0 Å². The van der Waals surface area contributed by atoms with Gasteiger partial charge in [-0.25, -0.2) is 0 Å². The van der Waals surface area contributed by atoms with Gasteiger partial charge in [-0.1, -0.05) is 111 Å². The van der Waals surface area contributed by atoms with E-state index in [1.54, 1.807) is 53.1 Å². The summed E-state index contributed by atoms with van der Waals surface area (Å²) in [4.78, 5) is 68.6. The number of hydrogen-bond acceptors (Lipinski definition) is 8. The highest BCUT2D eigenvalue weighted by atomic mass is 32.2. The van der Waals surface area contributed by atoms with Gasteiger partial charge in [-0.15, -0.1) is 11.8 Å². The quantitative estimate of drug-likeness (QED) is 0.101. The Kier molecular flexibility index (Phi) is 13.8. The number of nitrogens with one attached hydrogen (secondary N) is 6. The van der Waals surface area contributed by atoms with Crippen molar-refractivity contribution < 1.29 is 24.0 Å². The number of thiocarbonyl (C=S) groups is 1. The zero-order chi connectivity index (χ0) is 38.8. The average Bonchev–Trinajstić information content (AvgIpc) is 3.38. The summed E-state index contributed by atoms with van der Waals surface area (Å²) in [6, 6.07) is 22.2. The van der Waals surface area contributed by atoms with Crippen LogP contribution in [0.5, 0.6) is 0 Å². The van der Waals surface area contributed by atoms with E-state index in [4.69, 9.17) is 12.2 Å². The predicted molar refractivity (Wildman–Crippen MR) is 214 cm³/mol. The molecular weight excluding hydrogens is 723 g/mol. The first kappa shape index (κ1) is 40.4.